The van der Waals surface area contributed by atoms with Gasteiger partial charge in [-0.25, -0.2) is 9.86 Å². The summed E-state index contributed by atoms with van der Waals surface area (Å²) in [5.74, 6) is 0.150. The number of hydrogen-bond acceptors (Lipinski definition) is 6. The third-order valence-corrected chi connectivity index (χ3v) is 7.80. The molecule has 3 aliphatic rings. The molecule has 0 aromatic heterocycles. The number of nitrogens with zero attached hydrogens (tertiary/aromatic N) is 3. The molecule has 3 aliphatic heterocycles. The second kappa shape index (κ2) is 9.17. The maximum atomic E-state index is 12.9. The van der Waals surface area contributed by atoms with Crippen molar-refractivity contribution in [2.75, 3.05) is 38.7 Å². The van der Waals surface area contributed by atoms with Crippen molar-refractivity contribution in [2.45, 2.75) is 44.3 Å². The Bertz CT molecular complexity index is 1110. The van der Waals surface area contributed by atoms with E-state index in [1.165, 1.54) is 16.3 Å². The Morgan fingerprint density at radius 3 is 2.71 bits per heavy atom. The minimum atomic E-state index is -0.676. The van der Waals surface area contributed by atoms with Crippen LogP contribution < -0.4 is 15.0 Å². The van der Waals surface area contributed by atoms with Crippen molar-refractivity contribution >= 4 is 17.7 Å². The van der Waals surface area contributed by atoms with E-state index in [9.17, 15) is 9.59 Å². The lowest BCUT2D eigenvalue weighted by atomic mass is 9.81. The average Bonchev–Trinajstić information content (AvgIpc) is 3.37. The van der Waals surface area contributed by atoms with Gasteiger partial charge in [0.05, 0.1) is 19.3 Å². The molecule has 0 radical (unpaired) electrons. The van der Waals surface area contributed by atoms with Crippen molar-refractivity contribution in [3.05, 3.63) is 59.7 Å². The van der Waals surface area contributed by atoms with Crippen molar-refractivity contribution in [1.82, 2.24) is 15.3 Å². The fourth-order valence-corrected chi connectivity index (χ4v) is 5.98. The van der Waals surface area contributed by atoms with Gasteiger partial charge in [0.25, 0.3) is 5.91 Å². The minimum Gasteiger partial charge on any atom is -0.410 e. The molecule has 5 rings (SSSR count). The Hall–Kier alpha value is -3.10. The number of hydroxylamine groups is 2. The highest BCUT2D eigenvalue weighted by atomic mass is 16.7. The monoisotopic (exact) mass is 478 g/mol. The predicted molar refractivity (Wildman–Crippen MR) is 133 cm³/mol. The smallest absolute Gasteiger partial charge is 0.410 e. The Labute approximate surface area is 206 Å². The number of anilines is 1. The van der Waals surface area contributed by atoms with E-state index in [1.54, 1.807) is 0 Å². The molecular weight excluding hydrogens is 444 g/mol. The highest BCUT2D eigenvalue weighted by Crippen LogP contribution is 2.51. The normalized spacial score (nSPS) is 27.8. The Balaban J connectivity index is 1.19. The van der Waals surface area contributed by atoms with Crippen LogP contribution in [-0.2, 0) is 21.5 Å². The first kappa shape index (κ1) is 23.6. The lowest BCUT2D eigenvalue weighted by Gasteiger charge is -2.32. The van der Waals surface area contributed by atoms with Crippen LogP contribution in [0.2, 0.25) is 0 Å². The van der Waals surface area contributed by atoms with Crippen LogP contribution in [0.15, 0.2) is 48.5 Å². The van der Waals surface area contributed by atoms with Crippen LogP contribution in [0.5, 0.6) is 5.75 Å². The maximum Gasteiger partial charge on any atom is 0.413 e. The number of fused-ring (bicyclic) bond motifs is 3. The van der Waals surface area contributed by atoms with Crippen LogP contribution in [0.1, 0.15) is 31.4 Å². The fraction of sp³-hybridized carbons (Fsp3) is 0.481. The molecule has 2 saturated heterocycles. The number of likely N-dealkylation sites (N-methyl/N-ethyl adjacent to an activating group) is 2. The lowest BCUT2D eigenvalue weighted by Crippen LogP contribution is -2.45. The summed E-state index contributed by atoms with van der Waals surface area (Å²) in [6, 6.07) is 15.1. The Morgan fingerprint density at radius 2 is 1.94 bits per heavy atom. The van der Waals surface area contributed by atoms with Gasteiger partial charge in [-0.2, -0.15) is 0 Å². The summed E-state index contributed by atoms with van der Waals surface area (Å²) in [5.41, 5.74) is 3.50. The van der Waals surface area contributed by atoms with Crippen LogP contribution in [0, 0.1) is 5.92 Å². The van der Waals surface area contributed by atoms with E-state index in [0.29, 0.717) is 31.5 Å². The molecule has 8 heteroatoms. The minimum absolute atomic E-state index is 0.0117. The van der Waals surface area contributed by atoms with Gasteiger partial charge in [0, 0.05) is 30.6 Å². The van der Waals surface area contributed by atoms with E-state index < -0.39 is 12.1 Å². The van der Waals surface area contributed by atoms with E-state index >= 15 is 0 Å². The fourth-order valence-electron chi connectivity index (χ4n) is 5.98. The molecule has 2 unspecified atom stereocenters. The molecule has 2 amide bonds. The van der Waals surface area contributed by atoms with Crippen molar-refractivity contribution < 1.29 is 19.2 Å². The first-order chi connectivity index (χ1) is 16.8. The van der Waals surface area contributed by atoms with Crippen LogP contribution in [0.3, 0.4) is 0 Å². The summed E-state index contributed by atoms with van der Waals surface area (Å²) in [5, 5.41) is 4.12. The number of carbonyl (C=O) groups is 2. The first-order valence-corrected chi connectivity index (χ1v) is 12.3. The number of amides is 2. The van der Waals surface area contributed by atoms with Gasteiger partial charge in [0.1, 0.15) is 11.8 Å². The Kier molecular flexibility index (Phi) is 6.19. The van der Waals surface area contributed by atoms with Gasteiger partial charge in [-0.3, -0.25) is 14.5 Å². The van der Waals surface area contributed by atoms with Gasteiger partial charge in [-0.05, 0) is 49.2 Å². The van der Waals surface area contributed by atoms with Gasteiger partial charge in [-0.15, -0.1) is 0 Å². The van der Waals surface area contributed by atoms with Gasteiger partial charge in [0.15, 0.2) is 0 Å². The molecular formula is C27H34N4O4. The maximum absolute atomic E-state index is 12.9. The molecule has 2 fully saturated rings. The zero-order chi connectivity index (χ0) is 24.7. The number of benzene rings is 2. The highest BCUT2D eigenvalue weighted by molar-refractivity contribution is 5.87. The predicted octanol–water partition coefficient (Wildman–Crippen LogP) is 3.17. The number of likely N-dealkylation sites (tertiary alicyclic amines) is 1. The zero-order valence-corrected chi connectivity index (χ0v) is 20.9. The van der Waals surface area contributed by atoms with Gasteiger partial charge < -0.3 is 15.0 Å². The molecule has 186 valence electrons. The van der Waals surface area contributed by atoms with Gasteiger partial charge >= 0.3 is 6.09 Å². The van der Waals surface area contributed by atoms with E-state index in [0.717, 1.165) is 18.5 Å². The quantitative estimate of drug-likeness (QED) is 0.688. The first-order valence-electron chi connectivity index (χ1n) is 12.3. The summed E-state index contributed by atoms with van der Waals surface area (Å²) >= 11 is 0. The molecule has 0 saturated carbocycles. The largest absolute Gasteiger partial charge is 0.413 e. The molecule has 0 aliphatic carbocycles. The summed E-state index contributed by atoms with van der Waals surface area (Å²) < 4.78 is 5.63. The molecule has 2 aromatic rings. The summed E-state index contributed by atoms with van der Waals surface area (Å²) in [7, 11) is 4.27. The number of ether oxygens (including phenoxy) is 1. The van der Waals surface area contributed by atoms with Crippen molar-refractivity contribution in [1.29, 1.82) is 0 Å². The number of carbonyl (C=O) groups excluding carboxylic acids is 2. The summed E-state index contributed by atoms with van der Waals surface area (Å²) in [6.45, 7) is 6.06. The molecule has 8 nitrogen and oxygen atoms in total. The van der Waals surface area contributed by atoms with Crippen LogP contribution in [0.25, 0.3) is 0 Å². The molecule has 0 spiro atoms. The van der Waals surface area contributed by atoms with E-state index in [1.807, 2.05) is 55.5 Å². The third-order valence-electron chi connectivity index (χ3n) is 7.80. The highest BCUT2D eigenvalue weighted by Gasteiger charge is 2.52. The molecule has 1 N–H and O–H groups in total. The standard InChI is InChI=1S/C27H34N4O4/c1-18-17-31(34-15-12-19-8-6-5-7-9-19)24(32)23(18)28-26(33)35-20-10-11-22-21(16-20)27(2)13-14-29(3)25(27)30(22)4/h5-11,16,18,23,25H,12-15,17H2,1-4H3,(H,28,33)/t18?,23?,25-,27+/m1/s1. The SMILES string of the molecule is CC1CN(OCCc2ccccc2)C(=O)C1NC(=O)Oc1ccc2c(c1)[C@]1(C)CCN(C)[C@@H]1N2C. The van der Waals surface area contributed by atoms with Crippen LogP contribution in [-0.4, -0.2) is 68.0 Å². The number of rotatable bonds is 6. The molecule has 35 heavy (non-hydrogen) atoms. The second-order valence-corrected chi connectivity index (χ2v) is 10.3. The van der Waals surface area contributed by atoms with E-state index in [4.69, 9.17) is 9.57 Å². The molecule has 2 aromatic carbocycles. The second-order valence-electron chi connectivity index (χ2n) is 10.3. The van der Waals surface area contributed by atoms with Crippen molar-refractivity contribution in [2.24, 2.45) is 5.92 Å². The number of hydrogen-bond donors (Lipinski definition) is 1. The van der Waals surface area contributed by atoms with Crippen LogP contribution in [0.4, 0.5) is 10.5 Å². The van der Waals surface area contributed by atoms with Gasteiger partial charge in [-0.1, -0.05) is 44.2 Å². The lowest BCUT2D eigenvalue weighted by molar-refractivity contribution is -0.178. The number of nitrogens with one attached hydrogen (secondary N) is 1. The van der Waals surface area contributed by atoms with E-state index in [-0.39, 0.29) is 17.2 Å². The molecule has 0 bridgehead atoms. The topological polar surface area (TPSA) is 74.3 Å². The Morgan fingerprint density at radius 1 is 1.17 bits per heavy atom. The van der Waals surface area contributed by atoms with Crippen molar-refractivity contribution in [3.63, 3.8) is 0 Å². The van der Waals surface area contributed by atoms with Crippen LogP contribution >= 0.6 is 0 Å². The summed E-state index contributed by atoms with van der Waals surface area (Å²) in [4.78, 5) is 36.0. The van der Waals surface area contributed by atoms with Gasteiger partial charge in [0.2, 0.25) is 0 Å². The zero-order valence-electron chi connectivity index (χ0n) is 20.9. The third kappa shape index (κ3) is 4.25. The average molecular weight is 479 g/mol. The summed E-state index contributed by atoms with van der Waals surface area (Å²) in [6.07, 6.45) is 1.43. The van der Waals surface area contributed by atoms with Crippen molar-refractivity contribution in [3.8, 4) is 5.75 Å². The molecule has 4 atom stereocenters. The molecule has 3 heterocycles. The van der Waals surface area contributed by atoms with E-state index in [2.05, 4.69) is 36.1 Å².